The average Bonchev–Trinajstić information content (AvgIpc) is 0.725. The van der Waals surface area contributed by atoms with Gasteiger partial charge >= 0.3 is 0 Å². The third kappa shape index (κ3) is 16.2. The van der Waals surface area contributed by atoms with Crippen LogP contribution in [0.2, 0.25) is 0 Å². The molecule has 0 aliphatic rings. The molecule has 0 fully saturated rings. The highest BCUT2D eigenvalue weighted by molar-refractivity contribution is 5.94. The van der Waals surface area contributed by atoms with Gasteiger partial charge in [-0.2, -0.15) is 0 Å². The first kappa shape index (κ1) is 66.4. The molecule has 12 aromatic rings. The summed E-state index contributed by atoms with van der Waals surface area (Å²) < 4.78 is 45.4. The van der Waals surface area contributed by atoms with Crippen LogP contribution in [-0.4, -0.2) is 56.4 Å². The zero-order chi connectivity index (χ0) is 67.7. The highest BCUT2D eigenvalue weighted by Crippen LogP contribution is 2.60. The molecule has 0 N–H and O–H groups in total. The number of nitrogens with zero attached hydrogens (tertiary/aromatic N) is 4. The number of ether oxygens (including phenoxy) is 6. The fourth-order valence-electron chi connectivity index (χ4n) is 11.9. The smallest absolute Gasteiger partial charge is 0.217 e. The Labute approximate surface area is 579 Å². The highest BCUT2D eigenvalue weighted by atomic mass is 16.6. The van der Waals surface area contributed by atoms with Gasteiger partial charge in [0.05, 0.1) is 45.2 Å². The van der Waals surface area contributed by atoms with E-state index in [1.807, 2.05) is 109 Å². The average molecular weight is 1290 g/mol. The quantitative estimate of drug-likeness (QED) is 0.0334. The molecule has 10 heteroatoms. The maximum atomic E-state index is 7.83. The van der Waals surface area contributed by atoms with Crippen LogP contribution in [0.15, 0.2) is 291 Å². The predicted molar refractivity (Wildman–Crippen MR) is 401 cm³/mol. The molecule has 10 nitrogen and oxygen atoms in total. The Morgan fingerprint density at radius 2 is 0.418 bits per heavy atom. The molecule has 0 aliphatic carbocycles. The SMILES string of the molecule is CN(C)c1ccc([C+](c2ccc(N(C)C)cc2)c2cc(OCc3ccccc3)c(OCc3ccccc3)c(OCc3ccccc3)c2-c2c([C+](c3ccc(N(C)C)cc3)c3ccc(N(C)C)cc3)cc(OCc3ccccc3)c(OCc3ccccc3)c2OCc2ccccc2)cc1. The van der Waals surface area contributed by atoms with E-state index in [9.17, 15) is 0 Å². The van der Waals surface area contributed by atoms with Crippen LogP contribution in [0.1, 0.15) is 66.8 Å². The number of rotatable bonds is 29. The van der Waals surface area contributed by atoms with Crippen molar-refractivity contribution in [2.45, 2.75) is 39.6 Å². The summed E-state index contributed by atoms with van der Waals surface area (Å²) in [4.78, 5) is 8.50. The maximum absolute atomic E-state index is 7.83. The number of benzene rings is 12. The summed E-state index contributed by atoms with van der Waals surface area (Å²) in [7, 11) is 16.5. The van der Waals surface area contributed by atoms with Crippen molar-refractivity contribution in [3.05, 3.63) is 370 Å². The standard InChI is InChI=1S/C88H84N4O6/c1-89(2)73-47-39-69(40-48-73)81(70-41-49-74(50-42-70)90(3)4)77-55-79(93-57-63-27-15-9-16-28-63)85(95-59-65-31-19-11-20-32-65)87(97-61-67-35-23-13-24-36-67)83(77)84-78(82(71-43-51-75(52-44-71)91(5)6)72-45-53-76(54-46-72)92(7)8)56-80(94-58-64-29-17-10-18-30-64)86(96-60-66-33-21-12-22-34-66)88(84)98-62-68-37-25-14-26-38-68/h9-56H,57-62H2,1-8H3/q+2. The molecule has 0 aliphatic heterocycles. The Balaban J connectivity index is 1.30. The van der Waals surface area contributed by atoms with Gasteiger partial charge < -0.3 is 48.0 Å². The first-order chi connectivity index (χ1) is 47.9. The van der Waals surface area contributed by atoms with Crippen LogP contribution in [0.25, 0.3) is 11.1 Å². The summed E-state index contributed by atoms with van der Waals surface area (Å²) in [5.74, 6) is 4.35. The number of anilines is 4. The molecule has 0 aromatic heterocycles. The first-order valence-corrected chi connectivity index (χ1v) is 33.2. The van der Waals surface area contributed by atoms with Gasteiger partial charge in [0.1, 0.15) is 50.8 Å². The first-order valence-electron chi connectivity index (χ1n) is 33.2. The molecule has 0 heterocycles. The summed E-state index contributed by atoms with van der Waals surface area (Å²) in [6.07, 6.45) is 0. The van der Waals surface area contributed by atoms with Crippen LogP contribution in [0.4, 0.5) is 22.7 Å². The summed E-state index contributed by atoms with van der Waals surface area (Å²) >= 11 is 0. The van der Waals surface area contributed by atoms with Crippen molar-refractivity contribution in [2.75, 3.05) is 76.0 Å². The fraction of sp³-hybridized carbons (Fsp3) is 0.159. The lowest BCUT2D eigenvalue weighted by Gasteiger charge is -2.28. The van der Waals surface area contributed by atoms with Gasteiger partial charge in [0.2, 0.25) is 23.0 Å². The lowest BCUT2D eigenvalue weighted by Crippen LogP contribution is -2.16. The Hall–Kier alpha value is -11.6. The molecule has 0 saturated heterocycles. The van der Waals surface area contributed by atoms with Gasteiger partial charge in [0.15, 0.2) is 11.5 Å². The normalized spacial score (nSPS) is 10.9. The van der Waals surface area contributed by atoms with Crippen molar-refractivity contribution in [3.63, 3.8) is 0 Å². The van der Waals surface area contributed by atoms with Crippen LogP contribution in [-0.2, 0) is 39.6 Å². The molecule has 0 spiro atoms. The van der Waals surface area contributed by atoms with Gasteiger partial charge in [-0.05, 0) is 130 Å². The lowest BCUT2D eigenvalue weighted by molar-refractivity contribution is 0.228. The lowest BCUT2D eigenvalue weighted by atomic mass is 9.76. The zero-order valence-electron chi connectivity index (χ0n) is 57.2. The molecule has 0 bridgehead atoms. The van der Waals surface area contributed by atoms with E-state index in [-0.39, 0.29) is 39.6 Å². The van der Waals surface area contributed by atoms with Crippen molar-refractivity contribution in [2.24, 2.45) is 0 Å². The van der Waals surface area contributed by atoms with E-state index in [1.54, 1.807) is 0 Å². The van der Waals surface area contributed by atoms with E-state index >= 15 is 0 Å². The van der Waals surface area contributed by atoms with Crippen molar-refractivity contribution in [3.8, 4) is 45.6 Å². The molecule has 98 heavy (non-hydrogen) atoms. The van der Waals surface area contributed by atoms with Gasteiger partial charge in [0.25, 0.3) is 0 Å². The maximum Gasteiger partial charge on any atom is 0.217 e. The number of hydrogen-bond acceptors (Lipinski definition) is 10. The zero-order valence-corrected chi connectivity index (χ0v) is 57.2. The topological polar surface area (TPSA) is 68.3 Å². The van der Waals surface area contributed by atoms with Gasteiger partial charge in [-0.3, -0.25) is 0 Å². The van der Waals surface area contributed by atoms with Crippen LogP contribution >= 0.6 is 0 Å². The fourth-order valence-corrected chi connectivity index (χ4v) is 11.9. The third-order valence-electron chi connectivity index (χ3n) is 17.3. The number of hydrogen-bond donors (Lipinski definition) is 0. The van der Waals surface area contributed by atoms with E-state index < -0.39 is 0 Å². The minimum Gasteiger partial charge on any atom is -0.481 e. The van der Waals surface area contributed by atoms with Gasteiger partial charge in [0, 0.05) is 91.3 Å². The second-order valence-electron chi connectivity index (χ2n) is 25.1. The second-order valence-corrected chi connectivity index (χ2v) is 25.1. The van der Waals surface area contributed by atoms with Gasteiger partial charge in [-0.25, -0.2) is 0 Å². The van der Waals surface area contributed by atoms with Crippen LogP contribution in [0, 0.1) is 11.8 Å². The molecule has 0 unspecified atom stereocenters. The van der Waals surface area contributed by atoms with E-state index in [2.05, 4.69) is 258 Å². The molecule has 0 saturated carbocycles. The molecule has 0 atom stereocenters. The van der Waals surface area contributed by atoms with Crippen molar-refractivity contribution >= 4 is 22.7 Å². The summed E-state index contributed by atoms with van der Waals surface area (Å²) in [5.41, 5.74) is 16.5. The van der Waals surface area contributed by atoms with Gasteiger partial charge in [-0.1, -0.05) is 182 Å². The van der Waals surface area contributed by atoms with E-state index in [0.29, 0.717) is 45.6 Å². The van der Waals surface area contributed by atoms with Crippen molar-refractivity contribution < 1.29 is 28.4 Å². The molecule has 12 aromatic carbocycles. The Morgan fingerprint density at radius 3 is 0.622 bits per heavy atom. The molecular formula is C88H84N4O6+2. The van der Waals surface area contributed by atoms with E-state index in [0.717, 1.165) is 101 Å². The van der Waals surface area contributed by atoms with Crippen LogP contribution < -0.4 is 48.0 Å². The Morgan fingerprint density at radius 1 is 0.224 bits per heavy atom. The molecule has 0 radical (unpaired) electrons. The monoisotopic (exact) mass is 1290 g/mol. The second kappa shape index (κ2) is 31.7. The molecule has 490 valence electrons. The van der Waals surface area contributed by atoms with E-state index in [4.69, 9.17) is 28.4 Å². The van der Waals surface area contributed by atoms with Gasteiger partial charge in [-0.15, -0.1) is 0 Å². The summed E-state index contributed by atoms with van der Waals surface area (Å²) in [6, 6.07) is 101. The minimum atomic E-state index is 0.140. The summed E-state index contributed by atoms with van der Waals surface area (Å²) in [6.45, 7) is 1.06. The van der Waals surface area contributed by atoms with Crippen molar-refractivity contribution in [1.82, 2.24) is 0 Å². The highest BCUT2D eigenvalue weighted by Gasteiger charge is 2.42. The minimum absolute atomic E-state index is 0.140. The van der Waals surface area contributed by atoms with Crippen molar-refractivity contribution in [1.29, 1.82) is 0 Å². The molecular weight excluding hydrogens is 1210 g/mol. The Bertz CT molecular complexity index is 4070. The molecule has 12 rings (SSSR count). The predicted octanol–water partition coefficient (Wildman–Crippen LogP) is 19.1. The van der Waals surface area contributed by atoms with E-state index in [1.165, 1.54) is 0 Å². The van der Waals surface area contributed by atoms with Crippen LogP contribution in [0.5, 0.6) is 34.5 Å². The summed E-state index contributed by atoms with van der Waals surface area (Å²) in [5, 5.41) is 0. The Kier molecular flexibility index (Phi) is 21.5. The van der Waals surface area contributed by atoms with Crippen LogP contribution in [0.3, 0.4) is 0 Å². The third-order valence-corrected chi connectivity index (χ3v) is 17.3. The largest absolute Gasteiger partial charge is 0.481 e. The molecule has 0 amide bonds.